The molecule has 0 aromatic heterocycles. The molecule has 0 aliphatic carbocycles. The molecular weight excluding hydrogens is 236 g/mol. The lowest BCUT2D eigenvalue weighted by Crippen LogP contribution is -2.39. The molecule has 0 heterocycles. The van der Waals surface area contributed by atoms with E-state index in [0.29, 0.717) is 6.54 Å². The summed E-state index contributed by atoms with van der Waals surface area (Å²) in [5.74, 6) is -0.639. The number of nitro groups is 1. The van der Waals surface area contributed by atoms with Gasteiger partial charge in [-0.2, -0.15) is 0 Å². The second kappa shape index (κ2) is 5.01. The van der Waals surface area contributed by atoms with Gasteiger partial charge in [-0.05, 0) is 26.0 Å². The minimum absolute atomic E-state index is 0.121. The predicted molar refractivity (Wildman–Crippen MR) is 68.4 cm³/mol. The Hall–Kier alpha value is -2.15. The lowest BCUT2D eigenvalue weighted by atomic mass is 10.1. The van der Waals surface area contributed by atoms with Gasteiger partial charge in [0.1, 0.15) is 5.69 Å². The standard InChI is InChI=1S/C11H16N4O3/c1-11(2,13)6-14-8-5-7(10(12)16)3-4-9(8)15(17)18/h3-5,14H,6,13H2,1-2H3,(H2,12,16). The van der Waals surface area contributed by atoms with Crippen LogP contribution in [0.1, 0.15) is 24.2 Å². The molecule has 0 spiro atoms. The number of anilines is 1. The van der Waals surface area contributed by atoms with Gasteiger partial charge in [-0.25, -0.2) is 0 Å². The third kappa shape index (κ3) is 3.70. The van der Waals surface area contributed by atoms with Gasteiger partial charge >= 0.3 is 0 Å². The Morgan fingerprint density at radius 2 is 2.11 bits per heavy atom. The monoisotopic (exact) mass is 252 g/mol. The molecule has 1 aromatic carbocycles. The number of hydrogen-bond donors (Lipinski definition) is 3. The van der Waals surface area contributed by atoms with Crippen molar-refractivity contribution in [3.63, 3.8) is 0 Å². The summed E-state index contributed by atoms with van der Waals surface area (Å²) in [4.78, 5) is 21.3. The Morgan fingerprint density at radius 1 is 1.50 bits per heavy atom. The van der Waals surface area contributed by atoms with Crippen LogP contribution in [-0.4, -0.2) is 22.9 Å². The average Bonchev–Trinajstić information content (AvgIpc) is 2.24. The van der Waals surface area contributed by atoms with Gasteiger partial charge in [0, 0.05) is 23.7 Å². The molecular formula is C11H16N4O3. The number of nitrogens with one attached hydrogen (secondary N) is 1. The summed E-state index contributed by atoms with van der Waals surface area (Å²) in [5.41, 5.74) is 10.7. The summed E-state index contributed by atoms with van der Waals surface area (Å²) >= 11 is 0. The van der Waals surface area contributed by atoms with E-state index in [2.05, 4.69) is 5.32 Å². The van der Waals surface area contributed by atoms with E-state index in [9.17, 15) is 14.9 Å². The number of nitrogens with zero attached hydrogens (tertiary/aromatic N) is 1. The normalized spacial score (nSPS) is 11.1. The molecule has 0 unspecified atom stereocenters. The van der Waals surface area contributed by atoms with E-state index in [4.69, 9.17) is 11.5 Å². The van der Waals surface area contributed by atoms with Crippen LogP contribution >= 0.6 is 0 Å². The number of rotatable bonds is 5. The van der Waals surface area contributed by atoms with E-state index >= 15 is 0 Å². The zero-order chi connectivity index (χ0) is 13.9. The number of carbonyl (C=O) groups is 1. The second-order valence-corrected chi connectivity index (χ2v) is 4.70. The molecule has 18 heavy (non-hydrogen) atoms. The second-order valence-electron chi connectivity index (χ2n) is 4.70. The van der Waals surface area contributed by atoms with Crippen molar-refractivity contribution in [2.75, 3.05) is 11.9 Å². The highest BCUT2D eigenvalue weighted by atomic mass is 16.6. The van der Waals surface area contributed by atoms with Crippen molar-refractivity contribution in [2.45, 2.75) is 19.4 Å². The van der Waals surface area contributed by atoms with Crippen LogP contribution in [0.3, 0.4) is 0 Å². The molecule has 0 bridgehead atoms. The van der Waals surface area contributed by atoms with E-state index in [1.54, 1.807) is 13.8 Å². The third-order valence-electron chi connectivity index (χ3n) is 2.21. The lowest BCUT2D eigenvalue weighted by molar-refractivity contribution is -0.384. The molecule has 0 radical (unpaired) electrons. The lowest BCUT2D eigenvalue weighted by Gasteiger charge is -2.19. The van der Waals surface area contributed by atoms with Crippen molar-refractivity contribution in [2.24, 2.45) is 11.5 Å². The largest absolute Gasteiger partial charge is 0.378 e. The van der Waals surface area contributed by atoms with Gasteiger partial charge in [-0.3, -0.25) is 14.9 Å². The van der Waals surface area contributed by atoms with Crippen molar-refractivity contribution >= 4 is 17.3 Å². The fraction of sp³-hybridized carbons (Fsp3) is 0.364. The maximum Gasteiger partial charge on any atom is 0.292 e. The molecule has 5 N–H and O–H groups in total. The highest BCUT2D eigenvalue weighted by Crippen LogP contribution is 2.25. The Bertz CT molecular complexity index is 480. The van der Waals surface area contributed by atoms with E-state index in [-0.39, 0.29) is 16.9 Å². The number of amides is 1. The molecule has 1 rings (SSSR count). The first kappa shape index (κ1) is 13.9. The van der Waals surface area contributed by atoms with Crippen LogP contribution in [0.4, 0.5) is 11.4 Å². The van der Waals surface area contributed by atoms with Crippen LogP contribution in [0.5, 0.6) is 0 Å². The molecule has 0 atom stereocenters. The van der Waals surface area contributed by atoms with Crippen molar-refractivity contribution in [1.82, 2.24) is 0 Å². The Balaban J connectivity index is 3.08. The number of nitro benzene ring substituents is 1. The van der Waals surface area contributed by atoms with Gasteiger partial charge in [0.05, 0.1) is 4.92 Å². The maximum atomic E-state index is 11.0. The summed E-state index contributed by atoms with van der Waals surface area (Å²) in [7, 11) is 0. The minimum atomic E-state index is -0.639. The zero-order valence-electron chi connectivity index (χ0n) is 10.3. The van der Waals surface area contributed by atoms with Crippen molar-refractivity contribution in [3.05, 3.63) is 33.9 Å². The molecule has 7 nitrogen and oxygen atoms in total. The van der Waals surface area contributed by atoms with Gasteiger partial charge in [-0.15, -0.1) is 0 Å². The van der Waals surface area contributed by atoms with Gasteiger partial charge in [-0.1, -0.05) is 0 Å². The highest BCUT2D eigenvalue weighted by Gasteiger charge is 2.18. The molecule has 0 saturated heterocycles. The van der Waals surface area contributed by atoms with E-state index < -0.39 is 16.4 Å². The zero-order valence-corrected chi connectivity index (χ0v) is 10.3. The number of primary amides is 1. The molecule has 7 heteroatoms. The first-order valence-electron chi connectivity index (χ1n) is 5.32. The maximum absolute atomic E-state index is 11.0. The van der Waals surface area contributed by atoms with Crippen LogP contribution in [-0.2, 0) is 0 Å². The van der Waals surface area contributed by atoms with E-state index in [1.165, 1.54) is 18.2 Å². The number of carbonyl (C=O) groups excluding carboxylic acids is 1. The van der Waals surface area contributed by atoms with Crippen molar-refractivity contribution in [1.29, 1.82) is 0 Å². The van der Waals surface area contributed by atoms with Crippen molar-refractivity contribution < 1.29 is 9.72 Å². The fourth-order valence-electron chi connectivity index (χ4n) is 1.31. The molecule has 0 fully saturated rings. The van der Waals surface area contributed by atoms with Gasteiger partial charge in [0.25, 0.3) is 5.69 Å². The van der Waals surface area contributed by atoms with Crippen LogP contribution in [0.2, 0.25) is 0 Å². The van der Waals surface area contributed by atoms with Crippen LogP contribution in [0.25, 0.3) is 0 Å². The van der Waals surface area contributed by atoms with Crippen LogP contribution < -0.4 is 16.8 Å². The van der Waals surface area contributed by atoms with E-state index in [1.807, 2.05) is 0 Å². The predicted octanol–water partition coefficient (Wildman–Crippen LogP) is 0.843. The topological polar surface area (TPSA) is 124 Å². The fourth-order valence-corrected chi connectivity index (χ4v) is 1.31. The Labute approximate surface area is 104 Å². The summed E-state index contributed by atoms with van der Waals surface area (Å²) < 4.78 is 0. The van der Waals surface area contributed by atoms with E-state index in [0.717, 1.165) is 0 Å². The summed E-state index contributed by atoms with van der Waals surface area (Å²) in [6.07, 6.45) is 0. The minimum Gasteiger partial charge on any atom is -0.378 e. The third-order valence-corrected chi connectivity index (χ3v) is 2.21. The highest BCUT2D eigenvalue weighted by molar-refractivity contribution is 5.94. The van der Waals surface area contributed by atoms with Gasteiger partial charge in [0.15, 0.2) is 0 Å². The molecule has 1 amide bonds. The van der Waals surface area contributed by atoms with Crippen LogP contribution in [0, 0.1) is 10.1 Å². The number of benzene rings is 1. The quantitative estimate of drug-likeness (QED) is 0.529. The first-order chi connectivity index (χ1) is 8.20. The number of nitrogens with two attached hydrogens (primary N) is 2. The number of hydrogen-bond acceptors (Lipinski definition) is 5. The summed E-state index contributed by atoms with van der Waals surface area (Å²) in [6.45, 7) is 3.89. The smallest absolute Gasteiger partial charge is 0.292 e. The summed E-state index contributed by atoms with van der Waals surface area (Å²) in [6, 6.07) is 3.91. The Kier molecular flexibility index (Phi) is 3.87. The van der Waals surface area contributed by atoms with Crippen LogP contribution in [0.15, 0.2) is 18.2 Å². The van der Waals surface area contributed by atoms with Crippen molar-refractivity contribution in [3.8, 4) is 0 Å². The van der Waals surface area contributed by atoms with Gasteiger partial charge < -0.3 is 16.8 Å². The molecule has 0 aliphatic rings. The molecule has 0 aliphatic heterocycles. The van der Waals surface area contributed by atoms with Gasteiger partial charge in [0.2, 0.25) is 5.91 Å². The molecule has 1 aromatic rings. The Morgan fingerprint density at radius 3 is 2.56 bits per heavy atom. The molecule has 98 valence electrons. The summed E-state index contributed by atoms with van der Waals surface area (Å²) in [5, 5.41) is 13.7. The average molecular weight is 252 g/mol. The SMILES string of the molecule is CC(C)(N)CNc1cc(C(N)=O)ccc1[N+](=O)[O-]. The first-order valence-corrected chi connectivity index (χ1v) is 5.32. The molecule has 0 saturated carbocycles.